The van der Waals surface area contributed by atoms with E-state index in [1.807, 2.05) is 0 Å². The first-order chi connectivity index (χ1) is 12.1. The predicted molar refractivity (Wildman–Crippen MR) is 90.0 cm³/mol. The number of rotatable bonds is 4. The molecule has 0 unspecified atom stereocenters. The van der Waals surface area contributed by atoms with E-state index in [4.69, 9.17) is 32.7 Å². The van der Waals surface area contributed by atoms with E-state index >= 15 is 0 Å². The maximum Gasteiger partial charge on any atom is 0.513 e. The molecule has 0 atom stereocenters. The van der Waals surface area contributed by atoms with E-state index < -0.39 is 23.6 Å². The van der Waals surface area contributed by atoms with Crippen LogP contribution in [0, 0.1) is 6.92 Å². The van der Waals surface area contributed by atoms with Crippen LogP contribution in [0.1, 0.15) is 16.7 Å². The van der Waals surface area contributed by atoms with E-state index in [1.54, 1.807) is 0 Å². The number of aryl methyl sites for hydroxylation is 1. The number of benzene rings is 2. The fourth-order valence-electron chi connectivity index (χ4n) is 2.06. The molecule has 0 aliphatic carbocycles. The van der Waals surface area contributed by atoms with Crippen LogP contribution >= 0.6 is 23.2 Å². The fourth-order valence-corrected chi connectivity index (χ4v) is 2.43. The van der Waals surface area contributed by atoms with E-state index in [1.165, 1.54) is 25.1 Å². The van der Waals surface area contributed by atoms with Crippen molar-refractivity contribution in [2.45, 2.75) is 19.7 Å². The van der Waals surface area contributed by atoms with Crippen molar-refractivity contribution in [3.05, 3.63) is 57.1 Å². The summed E-state index contributed by atoms with van der Waals surface area (Å²) >= 11 is 12.0. The zero-order valence-electron chi connectivity index (χ0n) is 13.6. The van der Waals surface area contributed by atoms with Gasteiger partial charge in [0.2, 0.25) is 0 Å². The summed E-state index contributed by atoms with van der Waals surface area (Å²) in [5, 5.41) is 0.274. The lowest BCUT2D eigenvalue weighted by Crippen LogP contribution is -2.12. The highest BCUT2D eigenvalue weighted by Gasteiger charge is 2.35. The van der Waals surface area contributed by atoms with E-state index in [2.05, 4.69) is 4.74 Å². The lowest BCUT2D eigenvalue weighted by atomic mass is 10.1. The molecule has 2 aromatic carbocycles. The summed E-state index contributed by atoms with van der Waals surface area (Å²) in [4.78, 5) is 11.3. The highest BCUT2D eigenvalue weighted by molar-refractivity contribution is 6.31. The van der Waals surface area contributed by atoms with Crippen LogP contribution in [0.15, 0.2) is 30.3 Å². The third-order valence-electron chi connectivity index (χ3n) is 3.37. The second-order valence-corrected chi connectivity index (χ2v) is 5.97. The van der Waals surface area contributed by atoms with Gasteiger partial charge in [0.05, 0.1) is 23.3 Å². The van der Waals surface area contributed by atoms with Crippen LogP contribution < -0.4 is 9.47 Å². The van der Waals surface area contributed by atoms with E-state index in [0.717, 1.165) is 19.2 Å². The third-order valence-corrected chi connectivity index (χ3v) is 4.14. The minimum Gasteiger partial charge on any atom is -0.488 e. The number of methoxy groups -OCH3 is 1. The van der Waals surface area contributed by atoms with Crippen LogP contribution in [-0.2, 0) is 17.5 Å². The second kappa shape index (κ2) is 8.05. The van der Waals surface area contributed by atoms with Gasteiger partial charge < -0.3 is 14.2 Å². The SMILES string of the molecule is COC(=O)Oc1cccc(Cl)c1COc1cc(Cl)c(C)cc1C(F)(F)F. The number of carbonyl (C=O) groups is 1. The topological polar surface area (TPSA) is 44.8 Å². The van der Waals surface area contributed by atoms with Crippen LogP contribution in [0.4, 0.5) is 18.0 Å². The number of carbonyl (C=O) groups excluding carboxylic acids is 1. The average Bonchev–Trinajstić information content (AvgIpc) is 2.56. The molecule has 0 fully saturated rings. The molecule has 0 N–H and O–H groups in total. The van der Waals surface area contributed by atoms with Gasteiger partial charge in [0.1, 0.15) is 18.1 Å². The third kappa shape index (κ3) is 4.74. The number of alkyl halides is 3. The van der Waals surface area contributed by atoms with Crippen LogP contribution in [0.5, 0.6) is 11.5 Å². The first-order valence-electron chi connectivity index (χ1n) is 7.16. The molecule has 2 aromatic rings. The number of hydrogen-bond acceptors (Lipinski definition) is 4. The largest absolute Gasteiger partial charge is 0.513 e. The molecular formula is C17H13Cl2F3O4. The van der Waals surface area contributed by atoms with Crippen molar-refractivity contribution in [3.8, 4) is 11.5 Å². The van der Waals surface area contributed by atoms with Gasteiger partial charge in [-0.15, -0.1) is 0 Å². The molecule has 0 aliphatic heterocycles. The van der Waals surface area contributed by atoms with Gasteiger partial charge in [-0.2, -0.15) is 13.2 Å². The zero-order chi connectivity index (χ0) is 19.5. The standard InChI is InChI=1S/C17H13Cl2F3O4/c1-9-6-11(17(20,21)22)15(7-13(9)19)25-8-10-12(18)4-3-5-14(10)26-16(23)24-2/h3-7H,8H2,1-2H3. The van der Waals surface area contributed by atoms with Gasteiger partial charge in [0, 0.05) is 5.02 Å². The Morgan fingerprint density at radius 3 is 2.42 bits per heavy atom. The highest BCUT2D eigenvalue weighted by atomic mass is 35.5. The summed E-state index contributed by atoms with van der Waals surface area (Å²) in [7, 11) is 1.12. The molecule has 140 valence electrons. The Balaban J connectivity index is 2.35. The van der Waals surface area contributed by atoms with Crippen LogP contribution in [0.25, 0.3) is 0 Å². The Morgan fingerprint density at radius 2 is 1.81 bits per heavy atom. The molecule has 0 heterocycles. The van der Waals surface area contributed by atoms with Crippen LogP contribution in [0.3, 0.4) is 0 Å². The Kier molecular flexibility index (Phi) is 6.26. The summed E-state index contributed by atoms with van der Waals surface area (Å²) in [5.41, 5.74) is -0.523. The maximum atomic E-state index is 13.2. The maximum absolute atomic E-state index is 13.2. The molecule has 0 aliphatic rings. The molecule has 26 heavy (non-hydrogen) atoms. The lowest BCUT2D eigenvalue weighted by Gasteiger charge is -2.17. The van der Waals surface area contributed by atoms with Gasteiger partial charge in [-0.1, -0.05) is 29.3 Å². The molecule has 4 nitrogen and oxygen atoms in total. The van der Waals surface area contributed by atoms with Gasteiger partial charge >= 0.3 is 12.3 Å². The number of hydrogen-bond donors (Lipinski definition) is 0. The zero-order valence-corrected chi connectivity index (χ0v) is 15.1. The van der Waals surface area contributed by atoms with Crippen molar-refractivity contribution in [3.63, 3.8) is 0 Å². The Labute approximate surface area is 157 Å². The first kappa shape index (κ1) is 20.2. The van der Waals surface area contributed by atoms with Gasteiger partial charge in [0.25, 0.3) is 0 Å². The lowest BCUT2D eigenvalue weighted by molar-refractivity contribution is -0.139. The van der Waals surface area contributed by atoms with Crippen LogP contribution in [0.2, 0.25) is 10.0 Å². The van der Waals surface area contributed by atoms with Gasteiger partial charge in [-0.25, -0.2) is 4.79 Å². The quantitative estimate of drug-likeness (QED) is 0.456. The van der Waals surface area contributed by atoms with E-state index in [-0.39, 0.29) is 33.5 Å². The van der Waals surface area contributed by atoms with Crippen molar-refractivity contribution < 1.29 is 32.2 Å². The summed E-state index contributed by atoms with van der Waals surface area (Å²) in [5.74, 6) is -0.451. The minimum absolute atomic E-state index is 0.0103. The monoisotopic (exact) mass is 408 g/mol. The summed E-state index contributed by atoms with van der Waals surface area (Å²) in [6, 6.07) is 6.38. The molecule has 0 bridgehead atoms. The number of halogens is 5. The second-order valence-electron chi connectivity index (χ2n) is 5.16. The minimum atomic E-state index is -4.63. The molecule has 0 spiro atoms. The van der Waals surface area contributed by atoms with Crippen molar-refractivity contribution in [2.24, 2.45) is 0 Å². The Morgan fingerprint density at radius 1 is 1.12 bits per heavy atom. The Bertz CT molecular complexity index is 822. The van der Waals surface area contributed by atoms with Crippen LogP contribution in [-0.4, -0.2) is 13.3 Å². The smallest absolute Gasteiger partial charge is 0.488 e. The summed E-state index contributed by atoms with van der Waals surface area (Å²) in [6.45, 7) is 1.08. The molecule has 2 rings (SSSR count). The summed E-state index contributed by atoms with van der Waals surface area (Å²) < 4.78 is 54.3. The van der Waals surface area contributed by atoms with Crippen molar-refractivity contribution in [2.75, 3.05) is 7.11 Å². The predicted octanol–water partition coefficient (Wildman–Crippen LogP) is 6.04. The van der Waals surface area contributed by atoms with Crippen molar-refractivity contribution >= 4 is 29.4 Å². The molecule has 0 saturated heterocycles. The summed E-state index contributed by atoms with van der Waals surface area (Å²) in [6.07, 6.45) is -5.63. The van der Waals surface area contributed by atoms with E-state index in [9.17, 15) is 18.0 Å². The van der Waals surface area contributed by atoms with Crippen molar-refractivity contribution in [1.29, 1.82) is 0 Å². The average molecular weight is 409 g/mol. The molecule has 0 saturated carbocycles. The Hall–Kier alpha value is -2.12. The van der Waals surface area contributed by atoms with Crippen molar-refractivity contribution in [1.82, 2.24) is 0 Å². The molecule has 0 aromatic heterocycles. The van der Waals surface area contributed by atoms with Gasteiger partial charge in [-0.05, 0) is 36.8 Å². The molecular weight excluding hydrogens is 396 g/mol. The van der Waals surface area contributed by atoms with Gasteiger partial charge in [0.15, 0.2) is 0 Å². The number of ether oxygens (including phenoxy) is 3. The fraction of sp³-hybridized carbons (Fsp3) is 0.235. The first-order valence-corrected chi connectivity index (χ1v) is 7.92. The normalized spacial score (nSPS) is 11.2. The van der Waals surface area contributed by atoms with E-state index in [0.29, 0.717) is 0 Å². The molecule has 0 radical (unpaired) electrons. The molecule has 0 amide bonds. The van der Waals surface area contributed by atoms with Gasteiger partial charge in [-0.3, -0.25) is 0 Å². The highest BCUT2D eigenvalue weighted by Crippen LogP contribution is 2.40. The molecule has 9 heteroatoms.